The first-order valence-electron chi connectivity index (χ1n) is 6.68. The topological polar surface area (TPSA) is 49.4 Å². The van der Waals surface area contributed by atoms with E-state index in [1.54, 1.807) is 6.07 Å². The van der Waals surface area contributed by atoms with Crippen LogP contribution in [0.5, 0.6) is 0 Å². The number of nitrogens with one attached hydrogen (secondary N) is 1. The summed E-state index contributed by atoms with van der Waals surface area (Å²) < 4.78 is 0.852. The molecule has 0 radical (unpaired) electrons. The van der Waals surface area contributed by atoms with Crippen LogP contribution in [0.2, 0.25) is 0 Å². The summed E-state index contributed by atoms with van der Waals surface area (Å²) in [6.07, 6.45) is 0. The molecule has 0 aromatic heterocycles. The third-order valence-corrected chi connectivity index (χ3v) is 4.90. The highest BCUT2D eigenvalue weighted by atomic mass is 79.9. The summed E-state index contributed by atoms with van der Waals surface area (Å²) in [6, 6.07) is 14.9. The second-order valence-corrected chi connectivity index (χ2v) is 6.81. The maximum Gasteiger partial charge on any atom is 0.295 e. The van der Waals surface area contributed by atoms with Gasteiger partial charge in [0.25, 0.3) is 11.1 Å². The molecule has 3 rings (SSSR count). The van der Waals surface area contributed by atoms with Crippen molar-refractivity contribution in [1.82, 2.24) is 0 Å². The zero-order valence-corrected chi connectivity index (χ0v) is 14.1. The molecule has 0 bridgehead atoms. The van der Waals surface area contributed by atoms with Crippen molar-refractivity contribution in [2.24, 2.45) is 0 Å². The highest BCUT2D eigenvalue weighted by molar-refractivity contribution is 9.10. The lowest BCUT2D eigenvalue weighted by Gasteiger charge is -2.15. The molecule has 2 aromatic carbocycles. The zero-order valence-electron chi connectivity index (χ0n) is 11.7. The average Bonchev–Trinajstić information content (AvgIpc) is 2.76. The monoisotopic (exact) mass is 376 g/mol. The van der Waals surface area contributed by atoms with Gasteiger partial charge >= 0.3 is 0 Å². The quantitative estimate of drug-likeness (QED) is 0.862. The van der Waals surface area contributed by atoms with Crippen LogP contribution in [0, 0.1) is 6.92 Å². The standard InChI is InChI=1S/C16H13BrN2O2S/c1-10-5-4-6-11(9-10)19-15(20)14(22-16(19)21)18-13-8-3-2-7-12(13)17/h2-9,14,18H,1H3/t14-/m0/s1. The van der Waals surface area contributed by atoms with Gasteiger partial charge in [-0.05, 0) is 64.4 Å². The lowest BCUT2D eigenvalue weighted by atomic mass is 10.2. The highest BCUT2D eigenvalue weighted by Gasteiger charge is 2.40. The van der Waals surface area contributed by atoms with Crippen LogP contribution in [-0.2, 0) is 4.79 Å². The van der Waals surface area contributed by atoms with Crippen LogP contribution in [0.25, 0.3) is 0 Å². The van der Waals surface area contributed by atoms with Gasteiger partial charge in [-0.25, -0.2) is 4.90 Å². The Bertz CT molecular complexity index is 750. The molecule has 1 atom stereocenters. The first-order chi connectivity index (χ1) is 10.6. The van der Waals surface area contributed by atoms with Crippen LogP contribution < -0.4 is 10.2 Å². The number of thioether (sulfide) groups is 1. The van der Waals surface area contributed by atoms with Crippen molar-refractivity contribution in [3.8, 4) is 0 Å². The molecular formula is C16H13BrN2O2S. The van der Waals surface area contributed by atoms with Gasteiger partial charge in [0, 0.05) is 10.2 Å². The van der Waals surface area contributed by atoms with Gasteiger partial charge in [0.15, 0.2) is 5.37 Å². The van der Waals surface area contributed by atoms with E-state index in [0.717, 1.165) is 27.5 Å². The molecule has 1 aliphatic rings. The van der Waals surface area contributed by atoms with Gasteiger partial charge in [-0.2, -0.15) is 0 Å². The van der Waals surface area contributed by atoms with Gasteiger partial charge in [0.2, 0.25) is 0 Å². The number of imide groups is 1. The molecule has 0 unspecified atom stereocenters. The van der Waals surface area contributed by atoms with E-state index in [9.17, 15) is 9.59 Å². The molecule has 1 heterocycles. The Morgan fingerprint density at radius 1 is 1.14 bits per heavy atom. The molecule has 22 heavy (non-hydrogen) atoms. The van der Waals surface area contributed by atoms with E-state index in [-0.39, 0.29) is 11.1 Å². The van der Waals surface area contributed by atoms with E-state index in [1.165, 1.54) is 4.90 Å². The summed E-state index contributed by atoms with van der Waals surface area (Å²) in [4.78, 5) is 26.0. The molecule has 1 saturated heterocycles. The molecule has 0 spiro atoms. The normalized spacial score (nSPS) is 17.9. The van der Waals surface area contributed by atoms with Gasteiger partial charge in [-0.15, -0.1) is 0 Å². The fourth-order valence-corrected chi connectivity index (χ4v) is 3.52. The third kappa shape index (κ3) is 2.89. The summed E-state index contributed by atoms with van der Waals surface area (Å²) in [7, 11) is 0. The molecule has 2 aromatic rings. The minimum absolute atomic E-state index is 0.253. The summed E-state index contributed by atoms with van der Waals surface area (Å²) in [5.41, 5.74) is 2.40. The summed E-state index contributed by atoms with van der Waals surface area (Å²) in [5.74, 6) is -0.253. The SMILES string of the molecule is Cc1cccc(N2C(=O)S[C@H](Nc3ccccc3Br)C2=O)c1. The van der Waals surface area contributed by atoms with Gasteiger partial charge in [-0.3, -0.25) is 9.59 Å². The number of carbonyl (C=O) groups is 2. The molecule has 0 saturated carbocycles. The van der Waals surface area contributed by atoms with Crippen LogP contribution >= 0.6 is 27.7 Å². The fraction of sp³-hybridized carbons (Fsp3) is 0.125. The molecule has 1 fully saturated rings. The summed E-state index contributed by atoms with van der Waals surface area (Å²) in [5, 5.41) is 2.23. The number of halogens is 1. The van der Waals surface area contributed by atoms with Crippen LogP contribution in [0.15, 0.2) is 53.0 Å². The Morgan fingerprint density at radius 2 is 1.91 bits per heavy atom. The second-order valence-electron chi connectivity index (χ2n) is 4.90. The zero-order chi connectivity index (χ0) is 15.7. The average molecular weight is 377 g/mol. The van der Waals surface area contributed by atoms with E-state index in [1.807, 2.05) is 49.4 Å². The van der Waals surface area contributed by atoms with Crippen LogP contribution in [-0.4, -0.2) is 16.5 Å². The Morgan fingerprint density at radius 3 is 2.64 bits per heavy atom. The van der Waals surface area contributed by atoms with Crippen LogP contribution in [0.3, 0.4) is 0 Å². The first-order valence-corrected chi connectivity index (χ1v) is 8.36. The number of benzene rings is 2. The number of nitrogens with zero attached hydrogens (tertiary/aromatic N) is 1. The molecule has 0 aliphatic carbocycles. The molecule has 6 heteroatoms. The van der Waals surface area contributed by atoms with Gasteiger partial charge in [-0.1, -0.05) is 24.3 Å². The second kappa shape index (κ2) is 6.14. The van der Waals surface area contributed by atoms with Crippen molar-refractivity contribution in [3.63, 3.8) is 0 Å². The number of carbonyl (C=O) groups excluding carboxylic acids is 2. The predicted octanol–water partition coefficient (Wildman–Crippen LogP) is 4.40. The van der Waals surface area contributed by atoms with Crippen LogP contribution in [0.4, 0.5) is 16.2 Å². The number of para-hydroxylation sites is 1. The number of hydrogen-bond acceptors (Lipinski definition) is 4. The van der Waals surface area contributed by atoms with Crippen molar-refractivity contribution in [1.29, 1.82) is 0 Å². The van der Waals surface area contributed by atoms with Crippen molar-refractivity contribution in [2.75, 3.05) is 10.2 Å². The molecule has 1 N–H and O–H groups in total. The Kier molecular flexibility index (Phi) is 4.22. The minimum atomic E-state index is -0.619. The number of hydrogen-bond donors (Lipinski definition) is 1. The Labute approximate surface area is 141 Å². The van der Waals surface area contributed by atoms with Crippen molar-refractivity contribution in [2.45, 2.75) is 12.3 Å². The highest BCUT2D eigenvalue weighted by Crippen LogP contribution is 2.34. The number of rotatable bonds is 3. The summed E-state index contributed by atoms with van der Waals surface area (Å²) in [6.45, 7) is 1.93. The van der Waals surface area contributed by atoms with Gasteiger partial charge in [0.1, 0.15) is 0 Å². The lowest BCUT2D eigenvalue weighted by molar-refractivity contribution is -0.116. The lowest BCUT2D eigenvalue weighted by Crippen LogP contribution is -2.34. The minimum Gasteiger partial charge on any atom is -0.364 e. The Hall–Kier alpha value is -1.79. The molecular weight excluding hydrogens is 364 g/mol. The van der Waals surface area contributed by atoms with E-state index < -0.39 is 5.37 Å². The molecule has 2 amide bonds. The largest absolute Gasteiger partial charge is 0.364 e. The molecule has 1 aliphatic heterocycles. The maximum absolute atomic E-state index is 12.5. The van der Waals surface area contributed by atoms with Crippen LogP contribution in [0.1, 0.15) is 5.56 Å². The maximum atomic E-state index is 12.5. The number of aryl methyl sites for hydroxylation is 1. The van der Waals surface area contributed by atoms with E-state index in [4.69, 9.17) is 0 Å². The Balaban J connectivity index is 1.84. The third-order valence-electron chi connectivity index (χ3n) is 3.27. The van der Waals surface area contributed by atoms with Crippen molar-refractivity contribution < 1.29 is 9.59 Å². The number of amides is 2. The fourth-order valence-electron chi connectivity index (χ4n) is 2.22. The van der Waals surface area contributed by atoms with E-state index in [2.05, 4.69) is 21.2 Å². The predicted molar refractivity (Wildman–Crippen MR) is 93.2 cm³/mol. The van der Waals surface area contributed by atoms with Crippen molar-refractivity contribution in [3.05, 3.63) is 58.6 Å². The van der Waals surface area contributed by atoms with Crippen molar-refractivity contribution >= 4 is 50.2 Å². The molecule has 4 nitrogen and oxygen atoms in total. The summed E-state index contributed by atoms with van der Waals surface area (Å²) >= 11 is 4.42. The molecule has 112 valence electrons. The number of anilines is 2. The van der Waals surface area contributed by atoms with Gasteiger partial charge in [0.05, 0.1) is 5.69 Å². The van der Waals surface area contributed by atoms with E-state index >= 15 is 0 Å². The smallest absolute Gasteiger partial charge is 0.295 e. The van der Waals surface area contributed by atoms with Gasteiger partial charge < -0.3 is 5.32 Å². The first kappa shape index (κ1) is 15.1. The van der Waals surface area contributed by atoms with E-state index in [0.29, 0.717) is 5.69 Å².